The highest BCUT2D eigenvalue weighted by molar-refractivity contribution is 5.76. The molecule has 1 aromatic carbocycles. The molecule has 0 heterocycles. The van der Waals surface area contributed by atoms with Gasteiger partial charge < -0.3 is 0 Å². The van der Waals surface area contributed by atoms with E-state index in [1.165, 1.54) is 33.4 Å². The Kier molecular flexibility index (Phi) is 5.15. The Hall–Kier alpha value is -1.56. The molecule has 18 heavy (non-hydrogen) atoms. The molecule has 0 bridgehead atoms. The molecule has 0 aliphatic carbocycles. The molecular weight excluding hydrogens is 216 g/mol. The summed E-state index contributed by atoms with van der Waals surface area (Å²) in [6, 6.07) is 0. The summed E-state index contributed by atoms with van der Waals surface area (Å²) in [5.74, 6) is 0. The molecule has 0 radical (unpaired) electrons. The van der Waals surface area contributed by atoms with Crippen molar-refractivity contribution in [1.29, 1.82) is 0 Å². The first kappa shape index (κ1) is 14.5. The van der Waals surface area contributed by atoms with E-state index in [-0.39, 0.29) is 0 Å². The van der Waals surface area contributed by atoms with Gasteiger partial charge in [0.15, 0.2) is 0 Å². The van der Waals surface area contributed by atoms with Crippen molar-refractivity contribution in [2.24, 2.45) is 0 Å². The SMILES string of the molecule is C=Cc1c(C=C)c(CC)c(CC)c(C=C)c1CC. The molecule has 0 atom stereocenters. The van der Waals surface area contributed by atoms with Gasteiger partial charge in [-0.25, -0.2) is 0 Å². The second-order valence-corrected chi connectivity index (χ2v) is 4.35. The molecule has 0 amide bonds. The Labute approximate surface area is 112 Å². The number of hydrogen-bond acceptors (Lipinski definition) is 0. The fraction of sp³-hybridized carbons (Fsp3) is 0.333. The first-order chi connectivity index (χ1) is 8.69. The number of rotatable bonds is 6. The average molecular weight is 240 g/mol. The summed E-state index contributed by atoms with van der Waals surface area (Å²) in [6.07, 6.45) is 8.99. The van der Waals surface area contributed by atoms with Crippen LogP contribution in [-0.2, 0) is 19.3 Å². The maximum Gasteiger partial charge on any atom is -0.0149 e. The van der Waals surface area contributed by atoms with Crippen LogP contribution in [0.4, 0.5) is 0 Å². The maximum atomic E-state index is 3.99. The highest BCUT2D eigenvalue weighted by Crippen LogP contribution is 2.32. The fourth-order valence-electron chi connectivity index (χ4n) is 2.88. The third kappa shape index (κ3) is 2.20. The van der Waals surface area contributed by atoms with Gasteiger partial charge in [-0.2, -0.15) is 0 Å². The van der Waals surface area contributed by atoms with Crippen LogP contribution < -0.4 is 0 Å². The molecule has 0 saturated heterocycles. The number of hydrogen-bond donors (Lipinski definition) is 0. The molecule has 0 fully saturated rings. The molecule has 1 aromatic rings. The summed E-state index contributed by atoms with van der Waals surface area (Å²) >= 11 is 0. The lowest BCUT2D eigenvalue weighted by Gasteiger charge is -2.21. The van der Waals surface area contributed by atoms with Gasteiger partial charge in [0.25, 0.3) is 0 Å². The number of benzene rings is 1. The molecule has 0 N–H and O–H groups in total. The highest BCUT2D eigenvalue weighted by Gasteiger charge is 2.16. The zero-order valence-electron chi connectivity index (χ0n) is 12.0. The lowest BCUT2D eigenvalue weighted by molar-refractivity contribution is 1.00. The Morgan fingerprint density at radius 3 is 1.28 bits per heavy atom. The van der Waals surface area contributed by atoms with Crippen molar-refractivity contribution in [3.05, 3.63) is 53.1 Å². The Bertz CT molecular complexity index is 476. The van der Waals surface area contributed by atoms with Crippen molar-refractivity contribution < 1.29 is 0 Å². The molecule has 96 valence electrons. The van der Waals surface area contributed by atoms with Crippen molar-refractivity contribution in [3.8, 4) is 0 Å². The first-order valence-corrected chi connectivity index (χ1v) is 6.77. The molecule has 0 nitrogen and oxygen atoms in total. The largest absolute Gasteiger partial charge is 0.0984 e. The maximum absolute atomic E-state index is 3.99. The highest BCUT2D eigenvalue weighted by atomic mass is 14.2. The lowest BCUT2D eigenvalue weighted by Crippen LogP contribution is -2.06. The van der Waals surface area contributed by atoms with Gasteiger partial charge in [-0.3, -0.25) is 0 Å². The van der Waals surface area contributed by atoms with Gasteiger partial charge in [0.2, 0.25) is 0 Å². The molecule has 0 saturated carbocycles. The summed E-state index contributed by atoms with van der Waals surface area (Å²) in [6.45, 7) is 18.5. The van der Waals surface area contributed by atoms with Crippen LogP contribution in [0.5, 0.6) is 0 Å². The predicted octanol–water partition coefficient (Wildman–Crippen LogP) is 5.30. The summed E-state index contributed by atoms with van der Waals surface area (Å²) in [4.78, 5) is 0. The second kappa shape index (κ2) is 6.39. The van der Waals surface area contributed by atoms with E-state index in [0.29, 0.717) is 0 Å². The van der Waals surface area contributed by atoms with Crippen LogP contribution in [0.1, 0.15) is 54.2 Å². The normalized spacial score (nSPS) is 10.2. The van der Waals surface area contributed by atoms with Gasteiger partial charge >= 0.3 is 0 Å². The van der Waals surface area contributed by atoms with Gasteiger partial charge in [-0.1, -0.05) is 58.7 Å². The minimum absolute atomic E-state index is 1.00. The third-order valence-electron chi connectivity index (χ3n) is 3.63. The van der Waals surface area contributed by atoms with Crippen LogP contribution in [0.2, 0.25) is 0 Å². The van der Waals surface area contributed by atoms with E-state index in [4.69, 9.17) is 0 Å². The first-order valence-electron chi connectivity index (χ1n) is 6.77. The quantitative estimate of drug-likeness (QED) is 0.632. The Balaban J connectivity index is 3.88. The molecule has 0 aliphatic heterocycles. The van der Waals surface area contributed by atoms with Gasteiger partial charge in [0, 0.05) is 0 Å². The van der Waals surface area contributed by atoms with Crippen molar-refractivity contribution in [2.75, 3.05) is 0 Å². The standard InChI is InChI=1S/C18H24/c1-7-13-14(8-2)16(10-4)18(12-6)17(11-5)15(13)9-3/h7-8,11H,1-2,5,9-10,12H2,3-4,6H3. The smallest absolute Gasteiger partial charge is 0.0149 e. The molecule has 0 spiro atoms. The molecule has 0 aliphatic rings. The summed E-state index contributed by atoms with van der Waals surface area (Å²) in [5.41, 5.74) is 7.96. The Morgan fingerprint density at radius 2 is 0.944 bits per heavy atom. The van der Waals surface area contributed by atoms with Gasteiger partial charge in [-0.05, 0) is 52.6 Å². The fourth-order valence-corrected chi connectivity index (χ4v) is 2.88. The zero-order valence-corrected chi connectivity index (χ0v) is 12.0. The summed E-state index contributed by atoms with van der Waals surface area (Å²) < 4.78 is 0. The van der Waals surface area contributed by atoms with Crippen LogP contribution >= 0.6 is 0 Å². The van der Waals surface area contributed by atoms with Crippen LogP contribution in [0.15, 0.2) is 19.7 Å². The third-order valence-corrected chi connectivity index (χ3v) is 3.63. The summed E-state index contributed by atoms with van der Waals surface area (Å²) in [7, 11) is 0. The van der Waals surface area contributed by atoms with Gasteiger partial charge in [0.05, 0.1) is 0 Å². The van der Waals surface area contributed by atoms with E-state index in [9.17, 15) is 0 Å². The minimum atomic E-state index is 1.00. The zero-order chi connectivity index (χ0) is 13.7. The second-order valence-electron chi connectivity index (χ2n) is 4.35. The van der Waals surface area contributed by atoms with Crippen molar-refractivity contribution in [2.45, 2.75) is 40.0 Å². The molecule has 0 unspecified atom stereocenters. The van der Waals surface area contributed by atoms with E-state index >= 15 is 0 Å². The predicted molar refractivity (Wildman–Crippen MR) is 84.8 cm³/mol. The van der Waals surface area contributed by atoms with Crippen molar-refractivity contribution in [3.63, 3.8) is 0 Å². The monoisotopic (exact) mass is 240 g/mol. The van der Waals surface area contributed by atoms with E-state index in [1.54, 1.807) is 0 Å². The topological polar surface area (TPSA) is 0 Å². The molecule has 0 aromatic heterocycles. The summed E-state index contributed by atoms with van der Waals surface area (Å²) in [5, 5.41) is 0. The van der Waals surface area contributed by atoms with Crippen LogP contribution in [-0.4, -0.2) is 0 Å². The van der Waals surface area contributed by atoms with Crippen LogP contribution in [0, 0.1) is 0 Å². The van der Waals surface area contributed by atoms with E-state index in [1.807, 2.05) is 18.2 Å². The van der Waals surface area contributed by atoms with Gasteiger partial charge in [0.1, 0.15) is 0 Å². The minimum Gasteiger partial charge on any atom is -0.0984 e. The molecule has 1 rings (SSSR count). The van der Waals surface area contributed by atoms with Crippen molar-refractivity contribution >= 4 is 18.2 Å². The van der Waals surface area contributed by atoms with Gasteiger partial charge in [-0.15, -0.1) is 0 Å². The lowest BCUT2D eigenvalue weighted by atomic mass is 9.83. The Morgan fingerprint density at radius 1 is 0.611 bits per heavy atom. The average Bonchev–Trinajstić information content (AvgIpc) is 2.43. The molecule has 0 heteroatoms. The van der Waals surface area contributed by atoms with E-state index in [0.717, 1.165) is 19.3 Å². The van der Waals surface area contributed by atoms with Crippen LogP contribution in [0.3, 0.4) is 0 Å². The van der Waals surface area contributed by atoms with Crippen molar-refractivity contribution in [1.82, 2.24) is 0 Å². The van der Waals surface area contributed by atoms with E-state index < -0.39 is 0 Å². The molecular formula is C18H24. The van der Waals surface area contributed by atoms with E-state index in [2.05, 4.69) is 40.5 Å². The van der Waals surface area contributed by atoms with Crippen LogP contribution in [0.25, 0.3) is 18.2 Å².